The molecule has 2 fully saturated rings. The van der Waals surface area contributed by atoms with Gasteiger partial charge >= 0.3 is 5.97 Å². The number of unbranched alkanes of at least 4 members (excludes halogenated alkanes) is 5. The van der Waals surface area contributed by atoms with Gasteiger partial charge in [0.2, 0.25) is 12.7 Å². The van der Waals surface area contributed by atoms with Crippen LogP contribution in [0.1, 0.15) is 71.8 Å². The van der Waals surface area contributed by atoms with Crippen LogP contribution in [0.15, 0.2) is 48.5 Å². The molecule has 2 aromatic rings. The Hall–Kier alpha value is -2.25. The molecule has 0 aromatic heterocycles. The van der Waals surface area contributed by atoms with Crippen LogP contribution in [0.4, 0.5) is 0 Å². The Morgan fingerprint density at radius 3 is 2.59 bits per heavy atom. The van der Waals surface area contributed by atoms with Crippen molar-refractivity contribution in [3.63, 3.8) is 0 Å². The summed E-state index contributed by atoms with van der Waals surface area (Å²) in [7, 11) is 0. The number of carboxylic acid groups (broad SMARTS) is 1. The largest absolute Gasteiger partial charge is 0.616 e. The topological polar surface area (TPSA) is 120 Å². The SMILES string of the molecule is CC1(C)S[C@@H]2C(NSOc3ccccc3)C(=O)N2[C@H]1C(=O)O.CCCCCCCC[S+]([O-])C(C)Cc1ccc2c(c1)OCO2. The number of carboxylic acids is 1. The fraction of sp³-hybridized carbons (Fsp3) is 0.562. The van der Waals surface area contributed by atoms with Crippen LogP contribution < -0.4 is 18.4 Å². The number of carbonyl (C=O) groups is 2. The number of aliphatic carboxylic acids is 1. The molecule has 0 aliphatic carbocycles. The number of para-hydroxylation sites is 1. The Bertz CT molecular complexity index is 1240. The number of hydrogen-bond acceptors (Lipinski definition) is 9. The molecule has 0 saturated carbocycles. The zero-order valence-corrected chi connectivity index (χ0v) is 28.3. The van der Waals surface area contributed by atoms with E-state index < -0.39 is 34.0 Å². The molecular formula is C32H44N2O7S3. The molecule has 12 heteroatoms. The number of rotatable bonds is 15. The predicted octanol–water partition coefficient (Wildman–Crippen LogP) is 6.19. The average molecular weight is 665 g/mol. The lowest BCUT2D eigenvalue weighted by Gasteiger charge is -2.43. The van der Waals surface area contributed by atoms with Gasteiger partial charge in [0.1, 0.15) is 46.4 Å². The molecule has 3 aliphatic heterocycles. The zero-order valence-electron chi connectivity index (χ0n) is 25.9. The summed E-state index contributed by atoms with van der Waals surface area (Å²) in [6.45, 7) is 8.32. The quantitative estimate of drug-likeness (QED) is 0.0750. The number of nitrogens with one attached hydrogen (secondary N) is 1. The first-order valence-electron chi connectivity index (χ1n) is 15.2. The highest BCUT2D eigenvalue weighted by Gasteiger charge is 2.63. The third-order valence-corrected chi connectivity index (χ3v) is 11.8. The smallest absolute Gasteiger partial charge is 0.327 e. The van der Waals surface area contributed by atoms with E-state index in [0.29, 0.717) is 12.5 Å². The second kappa shape index (κ2) is 16.4. The van der Waals surface area contributed by atoms with E-state index in [2.05, 4.69) is 18.6 Å². The average Bonchev–Trinajstić information content (AvgIpc) is 3.57. The van der Waals surface area contributed by atoms with Gasteiger partial charge in [-0.05, 0) is 63.4 Å². The van der Waals surface area contributed by atoms with Crippen LogP contribution in [0.2, 0.25) is 0 Å². The van der Waals surface area contributed by atoms with E-state index in [0.717, 1.165) is 42.3 Å². The van der Waals surface area contributed by atoms with Gasteiger partial charge < -0.3 is 28.2 Å². The van der Waals surface area contributed by atoms with Crippen LogP contribution >= 0.6 is 24.0 Å². The van der Waals surface area contributed by atoms with Gasteiger partial charge in [-0.15, -0.1) is 11.8 Å². The summed E-state index contributed by atoms with van der Waals surface area (Å²) in [5, 5.41) is 9.36. The van der Waals surface area contributed by atoms with Gasteiger partial charge in [-0.2, -0.15) is 0 Å². The first-order chi connectivity index (χ1) is 21.1. The summed E-state index contributed by atoms with van der Waals surface area (Å²) >= 11 is 1.76. The van der Waals surface area contributed by atoms with Crippen molar-refractivity contribution in [3.05, 3.63) is 54.1 Å². The molecular weight excluding hydrogens is 621 g/mol. The van der Waals surface area contributed by atoms with Crippen LogP contribution in [0.25, 0.3) is 0 Å². The molecule has 3 aliphatic rings. The monoisotopic (exact) mass is 664 g/mol. The van der Waals surface area contributed by atoms with E-state index in [1.807, 2.05) is 62.4 Å². The molecule has 3 heterocycles. The number of thioether (sulfide) groups is 1. The van der Waals surface area contributed by atoms with Gasteiger partial charge in [-0.25, -0.2) is 9.52 Å². The molecule has 3 unspecified atom stereocenters. The zero-order chi connectivity index (χ0) is 31.7. The standard InChI is InChI=1S/C18H28O3S.C14H16N2O4S2/c1-3-4-5-6-7-8-11-22(19)15(2)12-16-9-10-17-18(13-16)21-14-20-17;1-14(2)10(13(18)19)16-11(17)9(12(16)21-14)15-22-20-8-6-4-3-5-7-8/h9-10,13,15H,3-8,11-12,14H2,1-2H3;3-7,9-10,12,15H,1-2H3,(H,18,19)/t;9?,10-,12+/m.0/s1. The number of ether oxygens (including phenoxy) is 2. The summed E-state index contributed by atoms with van der Waals surface area (Å²) in [5.74, 6) is 1.99. The molecule has 5 atom stereocenters. The number of benzene rings is 2. The lowest BCUT2D eigenvalue weighted by Crippen LogP contribution is -2.69. The van der Waals surface area contributed by atoms with Crippen molar-refractivity contribution in [3.8, 4) is 17.2 Å². The fourth-order valence-electron chi connectivity index (χ4n) is 5.44. The minimum Gasteiger partial charge on any atom is -0.616 e. The van der Waals surface area contributed by atoms with Crippen molar-refractivity contribution in [1.82, 2.24) is 9.62 Å². The van der Waals surface area contributed by atoms with E-state index in [1.165, 1.54) is 54.3 Å². The summed E-state index contributed by atoms with van der Waals surface area (Å²) in [5.41, 5.74) is 1.17. The Kier molecular flexibility index (Phi) is 12.9. The Balaban J connectivity index is 0.000000201. The van der Waals surface area contributed by atoms with E-state index in [4.69, 9.17) is 13.7 Å². The maximum Gasteiger partial charge on any atom is 0.327 e. The van der Waals surface area contributed by atoms with Crippen molar-refractivity contribution in [1.29, 1.82) is 0 Å². The molecule has 0 spiro atoms. The Morgan fingerprint density at radius 2 is 1.86 bits per heavy atom. The first kappa shape index (κ1) is 34.6. The van der Waals surface area contributed by atoms with Crippen LogP contribution in [-0.4, -0.2) is 66.4 Å². The maximum atomic E-state index is 12.3. The lowest BCUT2D eigenvalue weighted by molar-refractivity contribution is -0.159. The van der Waals surface area contributed by atoms with Crippen molar-refractivity contribution in [2.24, 2.45) is 0 Å². The molecule has 2 aromatic carbocycles. The first-order valence-corrected chi connectivity index (χ1v) is 18.2. The summed E-state index contributed by atoms with van der Waals surface area (Å²) in [6.07, 6.45) is 8.32. The van der Waals surface area contributed by atoms with Crippen molar-refractivity contribution in [2.45, 2.75) is 100 Å². The predicted molar refractivity (Wildman–Crippen MR) is 177 cm³/mol. The summed E-state index contributed by atoms with van der Waals surface area (Å²) < 4.78 is 31.0. The number of β-lactam (4-membered cyclic amide) rings is 1. The second-order valence-corrected chi connectivity index (χ2v) is 16.0. The molecule has 2 N–H and O–H groups in total. The molecule has 1 amide bonds. The molecule has 44 heavy (non-hydrogen) atoms. The molecule has 0 bridgehead atoms. The van der Waals surface area contributed by atoms with Gasteiger partial charge in [-0.1, -0.05) is 68.0 Å². The van der Waals surface area contributed by atoms with Gasteiger partial charge in [0.25, 0.3) is 0 Å². The molecule has 9 nitrogen and oxygen atoms in total. The number of carbonyl (C=O) groups excluding carboxylic acids is 1. The van der Waals surface area contributed by atoms with E-state index in [9.17, 15) is 19.2 Å². The lowest BCUT2D eigenvalue weighted by atomic mass is 9.96. The summed E-state index contributed by atoms with van der Waals surface area (Å²) in [4.78, 5) is 25.1. The van der Waals surface area contributed by atoms with Gasteiger partial charge in [0.05, 0.1) is 0 Å². The minimum absolute atomic E-state index is 0.171. The Morgan fingerprint density at radius 1 is 1.16 bits per heavy atom. The van der Waals surface area contributed by atoms with Crippen molar-refractivity contribution < 1.29 is 32.9 Å². The van der Waals surface area contributed by atoms with Crippen LogP contribution in [0.5, 0.6) is 17.2 Å². The van der Waals surface area contributed by atoms with Crippen LogP contribution in [0.3, 0.4) is 0 Å². The van der Waals surface area contributed by atoms with E-state index in [-0.39, 0.29) is 16.5 Å². The minimum atomic E-state index is -0.958. The second-order valence-electron chi connectivity index (χ2n) is 11.7. The molecule has 242 valence electrons. The highest BCUT2D eigenvalue weighted by molar-refractivity contribution is 8.01. The fourth-order valence-corrected chi connectivity index (χ4v) is 9.01. The van der Waals surface area contributed by atoms with Crippen molar-refractivity contribution >= 4 is 47.0 Å². The Labute approximate surface area is 272 Å². The number of fused-ring (bicyclic) bond motifs is 2. The highest BCUT2D eigenvalue weighted by Crippen LogP contribution is 2.51. The van der Waals surface area contributed by atoms with Crippen LogP contribution in [-0.2, 0) is 27.2 Å². The van der Waals surface area contributed by atoms with E-state index in [1.54, 1.807) is 0 Å². The van der Waals surface area contributed by atoms with Gasteiger partial charge in [0.15, 0.2) is 11.5 Å². The molecule has 0 radical (unpaired) electrons. The van der Waals surface area contributed by atoms with E-state index >= 15 is 0 Å². The highest BCUT2D eigenvalue weighted by atomic mass is 32.2. The third-order valence-electron chi connectivity index (χ3n) is 7.84. The number of nitrogens with zero attached hydrogens (tertiary/aromatic N) is 1. The van der Waals surface area contributed by atoms with Gasteiger partial charge in [0, 0.05) is 11.2 Å². The van der Waals surface area contributed by atoms with Gasteiger partial charge in [-0.3, -0.25) is 4.79 Å². The van der Waals surface area contributed by atoms with Crippen LogP contribution in [0, 0.1) is 0 Å². The molecule has 5 rings (SSSR count). The summed E-state index contributed by atoms with van der Waals surface area (Å²) in [6, 6.07) is 14.0. The normalized spacial score (nSPS) is 22.3. The third kappa shape index (κ3) is 8.93. The number of hydrogen-bond donors (Lipinski definition) is 2. The van der Waals surface area contributed by atoms with Crippen molar-refractivity contribution in [2.75, 3.05) is 12.5 Å². The maximum absolute atomic E-state index is 12.3. The molecule has 2 saturated heterocycles. The number of amides is 1.